The van der Waals surface area contributed by atoms with E-state index in [-0.39, 0.29) is 5.84 Å². The molecule has 6 heteroatoms. The minimum atomic E-state index is 0.0836. The van der Waals surface area contributed by atoms with E-state index in [2.05, 4.69) is 28.9 Å². The number of nitrogens with one attached hydrogen (secondary N) is 1. The molecular weight excluding hydrogens is 266 g/mol. The summed E-state index contributed by atoms with van der Waals surface area (Å²) in [5, 5.41) is 16.7. The summed E-state index contributed by atoms with van der Waals surface area (Å²) in [6.07, 6.45) is 3.87. The number of aryl methyl sites for hydroxylation is 1. The molecule has 0 radical (unpaired) electrons. The number of nitrogen functional groups attached to an aromatic ring is 1. The predicted molar refractivity (Wildman–Crippen MR) is 84.0 cm³/mol. The van der Waals surface area contributed by atoms with Gasteiger partial charge in [0.25, 0.3) is 0 Å². The number of ether oxygens (including phenoxy) is 1. The van der Waals surface area contributed by atoms with Crippen LogP contribution < -0.4 is 10.6 Å². The topological polar surface area (TPSA) is 88.1 Å². The number of anilines is 1. The van der Waals surface area contributed by atoms with Gasteiger partial charge < -0.3 is 15.4 Å². The number of amidine groups is 1. The van der Waals surface area contributed by atoms with Crippen molar-refractivity contribution in [3.05, 3.63) is 16.8 Å². The zero-order valence-electron chi connectivity index (χ0n) is 13.1. The first-order chi connectivity index (χ1) is 10.1. The second-order valence-electron chi connectivity index (χ2n) is 5.37. The fourth-order valence-corrected chi connectivity index (χ4v) is 2.97. The zero-order valence-corrected chi connectivity index (χ0v) is 13.1. The molecule has 0 aliphatic carbocycles. The van der Waals surface area contributed by atoms with Gasteiger partial charge in [-0.05, 0) is 31.2 Å². The molecule has 2 rings (SSSR count). The van der Waals surface area contributed by atoms with Crippen LogP contribution in [-0.2, 0) is 17.6 Å². The van der Waals surface area contributed by atoms with E-state index >= 15 is 0 Å². The van der Waals surface area contributed by atoms with Gasteiger partial charge in [0.05, 0.1) is 17.4 Å². The normalized spacial score (nSPS) is 16.2. The van der Waals surface area contributed by atoms with Crippen LogP contribution in [0.2, 0.25) is 0 Å². The highest BCUT2D eigenvalue weighted by atomic mass is 16.5. The van der Waals surface area contributed by atoms with E-state index in [0.29, 0.717) is 6.10 Å². The van der Waals surface area contributed by atoms with Gasteiger partial charge in [-0.1, -0.05) is 13.8 Å². The molecule has 0 spiro atoms. The molecule has 6 nitrogen and oxygen atoms in total. The Kier molecular flexibility index (Phi) is 5.12. The first kappa shape index (κ1) is 15.7. The number of rotatable bonds is 5. The van der Waals surface area contributed by atoms with E-state index in [1.165, 1.54) is 0 Å². The number of piperidine rings is 1. The average Bonchev–Trinajstić information content (AvgIpc) is 2.53. The van der Waals surface area contributed by atoms with E-state index in [1.54, 1.807) is 7.11 Å². The van der Waals surface area contributed by atoms with Crippen molar-refractivity contribution in [2.45, 2.75) is 45.6 Å². The Morgan fingerprint density at radius 2 is 1.95 bits per heavy atom. The summed E-state index contributed by atoms with van der Waals surface area (Å²) in [4.78, 5) is 2.18. The van der Waals surface area contributed by atoms with Crippen LogP contribution >= 0.6 is 0 Å². The third kappa shape index (κ3) is 3.15. The average molecular weight is 291 g/mol. The third-order valence-electron chi connectivity index (χ3n) is 4.17. The van der Waals surface area contributed by atoms with Gasteiger partial charge in [0.1, 0.15) is 5.84 Å². The summed E-state index contributed by atoms with van der Waals surface area (Å²) < 4.78 is 5.40. The number of hydrogen-bond donors (Lipinski definition) is 2. The Morgan fingerprint density at radius 3 is 2.43 bits per heavy atom. The Balaban J connectivity index is 2.37. The lowest BCUT2D eigenvalue weighted by Crippen LogP contribution is -2.39. The van der Waals surface area contributed by atoms with E-state index in [1.807, 2.05) is 0 Å². The summed E-state index contributed by atoms with van der Waals surface area (Å²) in [7, 11) is 1.76. The number of hydrogen-bond acceptors (Lipinski definition) is 5. The maximum atomic E-state index is 7.95. The molecule has 0 atom stereocenters. The Morgan fingerprint density at radius 1 is 1.29 bits per heavy atom. The molecule has 0 saturated carbocycles. The molecule has 1 saturated heterocycles. The summed E-state index contributed by atoms with van der Waals surface area (Å²) in [5.74, 6) is 0.839. The second kappa shape index (κ2) is 6.85. The van der Waals surface area contributed by atoms with Gasteiger partial charge >= 0.3 is 0 Å². The van der Waals surface area contributed by atoms with Crippen molar-refractivity contribution in [3.8, 4) is 0 Å². The molecule has 1 fully saturated rings. The summed E-state index contributed by atoms with van der Waals surface area (Å²) >= 11 is 0. The zero-order chi connectivity index (χ0) is 15.4. The molecule has 3 N–H and O–H groups in total. The van der Waals surface area contributed by atoms with E-state index in [9.17, 15) is 0 Å². The monoisotopic (exact) mass is 291 g/mol. The Labute approximate surface area is 126 Å². The maximum absolute atomic E-state index is 7.95. The minimum absolute atomic E-state index is 0.0836. The maximum Gasteiger partial charge on any atom is 0.162 e. The lowest BCUT2D eigenvalue weighted by Gasteiger charge is -2.33. The van der Waals surface area contributed by atoms with Gasteiger partial charge in [-0.25, -0.2) is 0 Å². The fourth-order valence-electron chi connectivity index (χ4n) is 2.97. The van der Waals surface area contributed by atoms with Crippen molar-refractivity contribution in [2.75, 3.05) is 25.1 Å². The SMILES string of the molecule is CCc1nnc(N2CCC(OC)CC2)c(C(=N)N)c1CC. The Hall–Kier alpha value is -1.69. The van der Waals surface area contributed by atoms with Crippen molar-refractivity contribution >= 4 is 11.7 Å². The van der Waals surface area contributed by atoms with Crippen LogP contribution in [0.15, 0.2) is 0 Å². The van der Waals surface area contributed by atoms with Crippen molar-refractivity contribution in [2.24, 2.45) is 5.73 Å². The van der Waals surface area contributed by atoms with Crippen molar-refractivity contribution in [1.82, 2.24) is 10.2 Å². The molecular formula is C15H25N5O. The van der Waals surface area contributed by atoms with E-state index in [0.717, 1.165) is 61.4 Å². The molecule has 21 heavy (non-hydrogen) atoms. The smallest absolute Gasteiger partial charge is 0.162 e. The Bertz CT molecular complexity index is 509. The van der Waals surface area contributed by atoms with Gasteiger partial charge in [-0.15, -0.1) is 5.10 Å². The van der Waals surface area contributed by atoms with Crippen LogP contribution in [-0.4, -0.2) is 42.3 Å². The lowest BCUT2D eigenvalue weighted by atomic mass is 10.0. The number of aromatic nitrogens is 2. The molecule has 1 aromatic rings. The van der Waals surface area contributed by atoms with Crippen LogP contribution in [0.1, 0.15) is 43.5 Å². The largest absolute Gasteiger partial charge is 0.384 e. The van der Waals surface area contributed by atoms with Gasteiger partial charge in [0.15, 0.2) is 5.82 Å². The lowest BCUT2D eigenvalue weighted by molar-refractivity contribution is 0.0817. The molecule has 1 aliphatic rings. The summed E-state index contributed by atoms with van der Waals surface area (Å²) in [6, 6.07) is 0. The van der Waals surface area contributed by atoms with Crippen molar-refractivity contribution in [1.29, 1.82) is 5.41 Å². The molecule has 0 amide bonds. The van der Waals surface area contributed by atoms with Crippen LogP contribution in [0.4, 0.5) is 5.82 Å². The molecule has 116 valence electrons. The molecule has 2 heterocycles. The molecule has 0 bridgehead atoms. The number of nitrogens with zero attached hydrogens (tertiary/aromatic N) is 3. The second-order valence-corrected chi connectivity index (χ2v) is 5.37. The first-order valence-electron chi connectivity index (χ1n) is 7.62. The van der Waals surface area contributed by atoms with E-state index in [4.69, 9.17) is 15.9 Å². The highest BCUT2D eigenvalue weighted by molar-refractivity contribution is 6.01. The van der Waals surface area contributed by atoms with Crippen molar-refractivity contribution < 1.29 is 4.74 Å². The van der Waals surface area contributed by atoms with Gasteiger partial charge in [0, 0.05) is 20.2 Å². The molecule has 0 aromatic carbocycles. The third-order valence-corrected chi connectivity index (χ3v) is 4.17. The van der Waals surface area contributed by atoms with Crippen LogP contribution in [0.5, 0.6) is 0 Å². The predicted octanol–water partition coefficient (Wildman–Crippen LogP) is 1.50. The van der Waals surface area contributed by atoms with Gasteiger partial charge in [-0.2, -0.15) is 5.10 Å². The molecule has 0 unspecified atom stereocenters. The summed E-state index contributed by atoms with van der Waals surface area (Å²) in [5.41, 5.74) is 8.60. The first-order valence-corrected chi connectivity index (χ1v) is 7.62. The van der Waals surface area contributed by atoms with Crippen LogP contribution in [0, 0.1) is 5.41 Å². The quantitative estimate of drug-likeness (QED) is 0.634. The van der Waals surface area contributed by atoms with Crippen molar-refractivity contribution in [3.63, 3.8) is 0 Å². The summed E-state index contributed by atoms with van der Waals surface area (Å²) in [6.45, 7) is 5.85. The van der Waals surface area contributed by atoms with Crippen LogP contribution in [0.3, 0.4) is 0 Å². The highest BCUT2D eigenvalue weighted by Gasteiger charge is 2.25. The van der Waals surface area contributed by atoms with Crippen LogP contribution in [0.25, 0.3) is 0 Å². The molecule has 1 aliphatic heterocycles. The highest BCUT2D eigenvalue weighted by Crippen LogP contribution is 2.26. The minimum Gasteiger partial charge on any atom is -0.384 e. The standard InChI is InChI=1S/C15H25N5O/c1-4-11-12(5-2)18-19-15(13(11)14(16)17)20-8-6-10(21-3)7-9-20/h10H,4-9H2,1-3H3,(H3,16,17). The number of methoxy groups -OCH3 is 1. The van der Waals surface area contributed by atoms with E-state index < -0.39 is 0 Å². The van der Waals surface area contributed by atoms with Gasteiger partial charge in [-0.3, -0.25) is 5.41 Å². The molecule has 1 aromatic heterocycles. The van der Waals surface area contributed by atoms with Gasteiger partial charge in [0.2, 0.25) is 0 Å². The number of nitrogens with two attached hydrogens (primary N) is 1. The fraction of sp³-hybridized carbons (Fsp3) is 0.667.